The van der Waals surface area contributed by atoms with Gasteiger partial charge >= 0.3 is 5.97 Å². The normalized spacial score (nSPS) is 15.3. The lowest BCUT2D eigenvalue weighted by molar-refractivity contribution is -0.145. The van der Waals surface area contributed by atoms with Crippen LogP contribution >= 0.6 is 39.3 Å². The number of halogens is 2. The molecule has 3 aromatic carbocycles. The van der Waals surface area contributed by atoms with Gasteiger partial charge in [-0.25, -0.2) is 9.79 Å². The Bertz CT molecular complexity index is 1400. The minimum absolute atomic E-state index is 0.178. The van der Waals surface area contributed by atoms with Crippen LogP contribution in [0.2, 0.25) is 5.02 Å². The summed E-state index contributed by atoms with van der Waals surface area (Å²) in [4.78, 5) is 32.3. The lowest BCUT2D eigenvalue weighted by Crippen LogP contribution is -2.28. The summed E-state index contributed by atoms with van der Waals surface area (Å²) in [7, 11) is 0. The van der Waals surface area contributed by atoms with Crippen LogP contribution in [-0.2, 0) is 27.2 Å². The number of hydrogen-bond donors (Lipinski definition) is 0. The van der Waals surface area contributed by atoms with Crippen molar-refractivity contribution in [2.45, 2.75) is 33.6 Å². The molecule has 0 bridgehead atoms. The van der Waals surface area contributed by atoms with Crippen LogP contribution in [0.3, 0.4) is 0 Å². The van der Waals surface area contributed by atoms with Gasteiger partial charge in [0.05, 0.1) is 32.4 Å². The molecule has 1 fully saturated rings. The molecule has 1 aliphatic heterocycles. The molecule has 0 radical (unpaired) electrons. The first kappa shape index (κ1) is 28.9. The summed E-state index contributed by atoms with van der Waals surface area (Å²) < 4.78 is 11.0. The topological polar surface area (TPSA) is 68.2 Å². The fraction of sp³-hybridized carbons (Fsp3) is 0.233. The van der Waals surface area contributed by atoms with Crippen molar-refractivity contribution in [1.82, 2.24) is 0 Å². The molecular weight excluding hydrogens is 600 g/mol. The number of amides is 1. The van der Waals surface area contributed by atoms with E-state index < -0.39 is 5.97 Å². The summed E-state index contributed by atoms with van der Waals surface area (Å²) in [6.07, 6.45) is 3.63. The van der Waals surface area contributed by atoms with Crippen LogP contribution in [0.1, 0.15) is 37.5 Å². The Labute approximate surface area is 246 Å². The van der Waals surface area contributed by atoms with E-state index in [2.05, 4.69) is 29.8 Å². The maximum atomic E-state index is 13.7. The molecule has 3 aromatic rings. The number of benzene rings is 3. The number of carbonyl (C=O) groups excluding carboxylic acids is 2. The number of ether oxygens (including phenoxy) is 2. The molecule has 1 heterocycles. The van der Waals surface area contributed by atoms with Crippen molar-refractivity contribution in [2.75, 3.05) is 18.1 Å². The molecule has 0 spiro atoms. The Morgan fingerprint density at radius 2 is 1.67 bits per heavy atom. The molecule has 39 heavy (non-hydrogen) atoms. The molecule has 1 amide bonds. The molecule has 0 N–H and O–H groups in total. The predicted octanol–water partition coefficient (Wildman–Crippen LogP) is 7.98. The number of anilines is 1. The Hall–Kier alpha value is -3.07. The molecule has 0 saturated carbocycles. The van der Waals surface area contributed by atoms with Crippen LogP contribution < -0.4 is 9.64 Å². The summed E-state index contributed by atoms with van der Waals surface area (Å²) in [5.74, 6) is -0.335. The maximum Gasteiger partial charge on any atom is 0.344 e. The highest BCUT2D eigenvalue weighted by Gasteiger charge is 2.35. The van der Waals surface area contributed by atoms with Gasteiger partial charge in [0, 0.05) is 0 Å². The summed E-state index contributed by atoms with van der Waals surface area (Å²) in [5.41, 5.74) is 4.62. The van der Waals surface area contributed by atoms with Crippen molar-refractivity contribution < 1.29 is 19.1 Å². The van der Waals surface area contributed by atoms with E-state index in [0.29, 0.717) is 30.9 Å². The Morgan fingerprint density at radius 3 is 2.26 bits per heavy atom. The standard InChI is InChI=1S/C30H28BrClN2O4S/c1-4-19-7-11-22(12-8-19)33-30-34(23-13-9-20(5-2)10-14-23)29(36)26(39-30)17-21-15-24(31)28(25(32)16-21)38-18-27(35)37-6-3/h7-17H,4-6,18H2,1-3H3/b26-17-,33-30?. The Kier molecular flexibility index (Phi) is 9.88. The number of hydrogen-bond acceptors (Lipinski definition) is 6. The van der Waals surface area contributed by atoms with Gasteiger partial charge < -0.3 is 9.47 Å². The number of esters is 1. The summed E-state index contributed by atoms with van der Waals surface area (Å²) >= 11 is 11.2. The average molecular weight is 628 g/mol. The summed E-state index contributed by atoms with van der Waals surface area (Å²) in [6.45, 7) is 5.94. The second-order valence-corrected chi connectivity index (χ2v) is 10.9. The van der Waals surface area contributed by atoms with E-state index in [4.69, 9.17) is 26.1 Å². The van der Waals surface area contributed by atoms with Gasteiger partial charge in [0.1, 0.15) is 0 Å². The first-order chi connectivity index (χ1) is 18.8. The highest BCUT2D eigenvalue weighted by atomic mass is 79.9. The molecule has 1 saturated heterocycles. The van der Waals surface area contributed by atoms with Crippen molar-refractivity contribution >= 4 is 73.8 Å². The summed E-state index contributed by atoms with van der Waals surface area (Å²) in [6, 6.07) is 19.4. The van der Waals surface area contributed by atoms with Crippen molar-refractivity contribution in [3.63, 3.8) is 0 Å². The zero-order valence-electron chi connectivity index (χ0n) is 21.9. The number of aryl methyl sites for hydroxylation is 2. The third kappa shape index (κ3) is 7.12. The molecule has 1 aliphatic rings. The highest BCUT2D eigenvalue weighted by molar-refractivity contribution is 9.10. The van der Waals surface area contributed by atoms with Gasteiger partial charge in [-0.3, -0.25) is 9.69 Å². The number of amidine groups is 1. The molecule has 0 unspecified atom stereocenters. The third-order valence-electron chi connectivity index (χ3n) is 5.94. The zero-order chi connectivity index (χ0) is 27.9. The van der Waals surface area contributed by atoms with E-state index in [-0.39, 0.29) is 19.1 Å². The predicted molar refractivity (Wildman–Crippen MR) is 163 cm³/mol. The molecule has 9 heteroatoms. The van der Waals surface area contributed by atoms with Gasteiger partial charge in [0.25, 0.3) is 5.91 Å². The third-order valence-corrected chi connectivity index (χ3v) is 7.78. The molecular formula is C30H28BrClN2O4S. The number of thioether (sulfide) groups is 1. The summed E-state index contributed by atoms with van der Waals surface area (Å²) in [5, 5.41) is 0.868. The van der Waals surface area contributed by atoms with Gasteiger partial charge in [-0.1, -0.05) is 49.7 Å². The second kappa shape index (κ2) is 13.3. The second-order valence-electron chi connectivity index (χ2n) is 8.59. The first-order valence-corrected chi connectivity index (χ1v) is 14.6. The SMILES string of the molecule is CCOC(=O)COc1c(Cl)cc(/C=C2\SC(=Nc3ccc(CC)cc3)N(c3ccc(CC)cc3)C2=O)cc1Br. The molecule has 0 atom stereocenters. The van der Waals surface area contributed by atoms with Crippen molar-refractivity contribution in [3.05, 3.63) is 91.8 Å². The minimum atomic E-state index is -0.483. The molecule has 0 aromatic heterocycles. The van der Waals surface area contributed by atoms with Gasteiger partial charge in [-0.2, -0.15) is 0 Å². The van der Waals surface area contributed by atoms with E-state index in [1.165, 1.54) is 22.9 Å². The Morgan fingerprint density at radius 1 is 1.03 bits per heavy atom. The van der Waals surface area contributed by atoms with Crippen LogP contribution in [0.25, 0.3) is 6.08 Å². The fourth-order valence-electron chi connectivity index (χ4n) is 3.86. The zero-order valence-corrected chi connectivity index (χ0v) is 25.0. The van der Waals surface area contributed by atoms with Crippen LogP contribution in [0.5, 0.6) is 5.75 Å². The van der Waals surface area contributed by atoms with Gasteiger partial charge in [-0.15, -0.1) is 0 Å². The number of aliphatic imine (C=N–C) groups is 1. The number of rotatable bonds is 9. The first-order valence-electron chi connectivity index (χ1n) is 12.6. The van der Waals surface area contributed by atoms with Crippen LogP contribution in [0.15, 0.2) is 75.0 Å². The van der Waals surface area contributed by atoms with E-state index >= 15 is 0 Å². The largest absolute Gasteiger partial charge is 0.479 e. The van der Waals surface area contributed by atoms with Crippen molar-refractivity contribution in [1.29, 1.82) is 0 Å². The minimum Gasteiger partial charge on any atom is -0.479 e. The van der Waals surface area contributed by atoms with Gasteiger partial charge in [0.15, 0.2) is 17.5 Å². The van der Waals surface area contributed by atoms with Crippen molar-refractivity contribution in [3.8, 4) is 5.75 Å². The lowest BCUT2D eigenvalue weighted by atomic mass is 10.1. The van der Waals surface area contributed by atoms with Crippen LogP contribution in [0.4, 0.5) is 11.4 Å². The molecule has 0 aliphatic carbocycles. The van der Waals surface area contributed by atoms with E-state index in [0.717, 1.165) is 24.2 Å². The quantitative estimate of drug-likeness (QED) is 0.178. The van der Waals surface area contributed by atoms with Gasteiger partial charge in [-0.05, 0) is 107 Å². The van der Waals surface area contributed by atoms with E-state index in [9.17, 15) is 9.59 Å². The van der Waals surface area contributed by atoms with E-state index in [1.807, 2.05) is 48.5 Å². The smallest absolute Gasteiger partial charge is 0.344 e. The van der Waals surface area contributed by atoms with Gasteiger partial charge in [0.2, 0.25) is 0 Å². The van der Waals surface area contributed by atoms with Crippen LogP contribution in [-0.4, -0.2) is 30.3 Å². The fourth-order valence-corrected chi connectivity index (χ4v) is 5.85. The lowest BCUT2D eigenvalue weighted by Gasteiger charge is -2.16. The van der Waals surface area contributed by atoms with E-state index in [1.54, 1.807) is 30.0 Å². The monoisotopic (exact) mass is 626 g/mol. The average Bonchev–Trinajstić information content (AvgIpc) is 3.22. The number of nitrogens with zero attached hydrogens (tertiary/aromatic N) is 2. The Balaban J connectivity index is 1.67. The molecule has 202 valence electrons. The highest BCUT2D eigenvalue weighted by Crippen LogP contribution is 2.40. The maximum absolute atomic E-state index is 13.7. The number of carbonyl (C=O) groups is 2. The molecule has 6 nitrogen and oxygen atoms in total. The van der Waals surface area contributed by atoms with Crippen LogP contribution in [0, 0.1) is 0 Å². The molecule has 4 rings (SSSR count). The van der Waals surface area contributed by atoms with Crippen molar-refractivity contribution in [2.24, 2.45) is 4.99 Å².